The average Bonchev–Trinajstić information content (AvgIpc) is 2.87. The van der Waals surface area contributed by atoms with E-state index in [9.17, 15) is 18.0 Å². The smallest absolute Gasteiger partial charge is 0.433 e. The lowest BCUT2D eigenvalue weighted by Crippen LogP contribution is -2.14. The number of alkyl halides is 3. The fourth-order valence-corrected chi connectivity index (χ4v) is 2.15. The van der Waals surface area contributed by atoms with E-state index in [0.717, 1.165) is 10.9 Å². The van der Waals surface area contributed by atoms with Gasteiger partial charge in [0.2, 0.25) is 0 Å². The third kappa shape index (κ3) is 3.27. The molecule has 2 heterocycles. The molecule has 0 radical (unpaired) electrons. The van der Waals surface area contributed by atoms with Crippen molar-refractivity contribution < 1.29 is 23.1 Å². The summed E-state index contributed by atoms with van der Waals surface area (Å²) in [6.07, 6.45) is -4.61. The van der Waals surface area contributed by atoms with Crippen LogP contribution in [0.5, 0.6) is 0 Å². The van der Waals surface area contributed by atoms with Crippen LogP contribution in [-0.4, -0.2) is 16.1 Å². The normalized spacial score (nSPS) is 11.3. The molecule has 0 amide bonds. The van der Waals surface area contributed by atoms with Crippen LogP contribution in [0.2, 0.25) is 0 Å². The number of aromatic carboxylic acids is 1. The number of carboxylic acids is 1. The Hall–Kier alpha value is -2.09. The molecular weight excluding hydrogens is 293 g/mol. The van der Waals surface area contributed by atoms with E-state index in [1.54, 1.807) is 12.1 Å². The molecule has 0 saturated heterocycles. The molecule has 0 unspecified atom stereocenters. The molecule has 4 nitrogen and oxygen atoms in total. The Morgan fingerprint density at radius 1 is 1.35 bits per heavy atom. The monoisotopic (exact) mass is 302 g/mol. The molecule has 2 rings (SSSR count). The van der Waals surface area contributed by atoms with Gasteiger partial charge in [-0.1, -0.05) is 6.07 Å². The third-order valence-corrected chi connectivity index (χ3v) is 3.30. The summed E-state index contributed by atoms with van der Waals surface area (Å²) in [5.41, 5.74) is -1.43. The number of nitrogens with zero attached hydrogens (tertiary/aromatic N) is 1. The largest absolute Gasteiger partial charge is 0.478 e. The van der Waals surface area contributed by atoms with Gasteiger partial charge in [-0.05, 0) is 23.6 Å². The molecule has 0 aliphatic rings. The molecule has 0 fully saturated rings. The van der Waals surface area contributed by atoms with Crippen LogP contribution in [0.1, 0.15) is 20.9 Å². The zero-order valence-corrected chi connectivity index (χ0v) is 10.8. The standard InChI is InChI=1S/C12H9F3N2O2S/c13-12(14,15)9-4-3-8(11(18)19)10(17-9)16-6-7-2-1-5-20-7/h1-5H,6H2,(H,16,17)(H,18,19). The van der Waals surface area contributed by atoms with Crippen molar-refractivity contribution >= 4 is 23.1 Å². The second-order valence-corrected chi connectivity index (χ2v) is 4.86. The molecule has 0 aromatic carbocycles. The quantitative estimate of drug-likeness (QED) is 0.907. The number of anilines is 1. The van der Waals surface area contributed by atoms with Crippen molar-refractivity contribution in [3.63, 3.8) is 0 Å². The van der Waals surface area contributed by atoms with Gasteiger partial charge in [-0.15, -0.1) is 11.3 Å². The van der Waals surface area contributed by atoms with Crippen molar-refractivity contribution in [3.05, 3.63) is 45.8 Å². The fraction of sp³-hybridized carbons (Fsp3) is 0.167. The van der Waals surface area contributed by atoms with Gasteiger partial charge >= 0.3 is 12.1 Å². The Balaban J connectivity index is 2.29. The highest BCUT2D eigenvalue weighted by Crippen LogP contribution is 2.29. The number of hydrogen-bond acceptors (Lipinski definition) is 4. The van der Waals surface area contributed by atoms with Crippen molar-refractivity contribution in [1.29, 1.82) is 0 Å². The number of thiophene rings is 1. The van der Waals surface area contributed by atoms with Crippen LogP contribution in [0.25, 0.3) is 0 Å². The topological polar surface area (TPSA) is 62.2 Å². The number of aromatic nitrogens is 1. The van der Waals surface area contributed by atoms with Crippen LogP contribution in [0.4, 0.5) is 19.0 Å². The SMILES string of the molecule is O=C(O)c1ccc(C(F)(F)F)nc1NCc1cccs1. The minimum atomic E-state index is -4.61. The van der Waals surface area contributed by atoms with Crippen molar-refractivity contribution in [1.82, 2.24) is 4.98 Å². The molecule has 0 bridgehead atoms. The van der Waals surface area contributed by atoms with Crippen LogP contribution < -0.4 is 5.32 Å². The van der Waals surface area contributed by atoms with Gasteiger partial charge in [0.15, 0.2) is 0 Å². The van der Waals surface area contributed by atoms with E-state index in [1.807, 2.05) is 5.38 Å². The molecule has 2 aromatic rings. The lowest BCUT2D eigenvalue weighted by molar-refractivity contribution is -0.141. The lowest BCUT2D eigenvalue weighted by Gasteiger charge is -2.11. The summed E-state index contributed by atoms with van der Waals surface area (Å²) in [5, 5.41) is 13.4. The van der Waals surface area contributed by atoms with E-state index in [0.29, 0.717) is 6.07 Å². The molecule has 8 heteroatoms. The summed E-state index contributed by atoms with van der Waals surface area (Å²) in [5.74, 6) is -1.62. The molecule has 0 spiro atoms. The van der Waals surface area contributed by atoms with Gasteiger partial charge in [0.25, 0.3) is 0 Å². The van der Waals surface area contributed by atoms with E-state index >= 15 is 0 Å². The Labute approximate surface area is 115 Å². The van der Waals surface area contributed by atoms with Gasteiger partial charge in [0.1, 0.15) is 17.1 Å². The molecule has 0 atom stereocenters. The number of rotatable bonds is 4. The maximum Gasteiger partial charge on any atom is 0.433 e. The van der Waals surface area contributed by atoms with Crippen LogP contribution >= 0.6 is 11.3 Å². The molecule has 2 N–H and O–H groups in total. The number of carbonyl (C=O) groups is 1. The first-order valence-corrected chi connectivity index (χ1v) is 6.33. The average molecular weight is 302 g/mol. The minimum absolute atomic E-state index is 0.215. The molecular formula is C12H9F3N2O2S. The maximum absolute atomic E-state index is 12.6. The van der Waals surface area contributed by atoms with E-state index in [4.69, 9.17) is 5.11 Å². The summed E-state index contributed by atoms with van der Waals surface area (Å²) in [6, 6.07) is 5.12. The van der Waals surface area contributed by atoms with Crippen molar-refractivity contribution in [2.24, 2.45) is 0 Å². The predicted octanol–water partition coefficient (Wildman–Crippen LogP) is 3.47. The number of hydrogen-bond donors (Lipinski definition) is 2. The maximum atomic E-state index is 12.6. The Morgan fingerprint density at radius 3 is 2.65 bits per heavy atom. The Morgan fingerprint density at radius 2 is 2.10 bits per heavy atom. The van der Waals surface area contributed by atoms with Gasteiger partial charge in [-0.25, -0.2) is 9.78 Å². The summed E-state index contributed by atoms with van der Waals surface area (Å²) in [4.78, 5) is 15.2. The molecule has 0 aliphatic carbocycles. The molecule has 106 valence electrons. The number of halogens is 3. The fourth-order valence-electron chi connectivity index (χ4n) is 1.51. The summed E-state index contributed by atoms with van der Waals surface area (Å²) >= 11 is 1.41. The predicted molar refractivity (Wildman–Crippen MR) is 67.8 cm³/mol. The molecule has 0 aliphatic heterocycles. The summed E-state index contributed by atoms with van der Waals surface area (Å²) in [6.45, 7) is 0.215. The van der Waals surface area contributed by atoms with E-state index in [1.165, 1.54) is 11.3 Å². The summed E-state index contributed by atoms with van der Waals surface area (Å²) < 4.78 is 37.7. The molecule has 20 heavy (non-hydrogen) atoms. The van der Waals surface area contributed by atoms with Crippen molar-refractivity contribution in [3.8, 4) is 0 Å². The van der Waals surface area contributed by atoms with Gasteiger partial charge < -0.3 is 10.4 Å². The van der Waals surface area contributed by atoms with Gasteiger partial charge in [0, 0.05) is 4.88 Å². The second-order valence-electron chi connectivity index (χ2n) is 3.83. The third-order valence-electron chi connectivity index (χ3n) is 2.43. The number of pyridine rings is 1. The van der Waals surface area contributed by atoms with Gasteiger partial charge in [-0.3, -0.25) is 0 Å². The van der Waals surface area contributed by atoms with E-state index in [-0.39, 0.29) is 17.9 Å². The highest BCUT2D eigenvalue weighted by atomic mass is 32.1. The zero-order valence-electron chi connectivity index (χ0n) is 9.94. The Bertz CT molecular complexity index is 612. The zero-order chi connectivity index (χ0) is 14.8. The first-order valence-electron chi connectivity index (χ1n) is 5.45. The minimum Gasteiger partial charge on any atom is -0.478 e. The van der Waals surface area contributed by atoms with E-state index in [2.05, 4.69) is 10.3 Å². The first kappa shape index (κ1) is 14.3. The van der Waals surface area contributed by atoms with Crippen LogP contribution in [0.3, 0.4) is 0 Å². The molecule has 0 saturated carbocycles. The van der Waals surface area contributed by atoms with Crippen LogP contribution in [0, 0.1) is 0 Å². The van der Waals surface area contributed by atoms with Crippen molar-refractivity contribution in [2.75, 3.05) is 5.32 Å². The number of nitrogens with one attached hydrogen (secondary N) is 1. The molecule has 2 aromatic heterocycles. The second kappa shape index (κ2) is 5.49. The van der Waals surface area contributed by atoms with Crippen LogP contribution in [-0.2, 0) is 12.7 Å². The van der Waals surface area contributed by atoms with E-state index < -0.39 is 17.8 Å². The highest BCUT2D eigenvalue weighted by molar-refractivity contribution is 7.09. The Kier molecular flexibility index (Phi) is 3.93. The number of carboxylic acid groups (broad SMARTS) is 1. The van der Waals surface area contributed by atoms with Gasteiger partial charge in [0.05, 0.1) is 6.54 Å². The highest BCUT2D eigenvalue weighted by Gasteiger charge is 2.33. The van der Waals surface area contributed by atoms with Crippen LogP contribution in [0.15, 0.2) is 29.6 Å². The summed E-state index contributed by atoms with van der Waals surface area (Å²) in [7, 11) is 0. The van der Waals surface area contributed by atoms with Gasteiger partial charge in [-0.2, -0.15) is 13.2 Å². The first-order chi connectivity index (χ1) is 9.38. The lowest BCUT2D eigenvalue weighted by atomic mass is 10.2. The van der Waals surface area contributed by atoms with Crippen molar-refractivity contribution in [2.45, 2.75) is 12.7 Å².